The van der Waals surface area contributed by atoms with Gasteiger partial charge in [0, 0.05) is 5.56 Å². The summed E-state index contributed by atoms with van der Waals surface area (Å²) < 4.78 is 22.7. The van der Waals surface area contributed by atoms with Crippen molar-refractivity contribution in [1.29, 1.82) is 0 Å². The van der Waals surface area contributed by atoms with Crippen LogP contribution in [0.15, 0.2) is 6.07 Å². The van der Waals surface area contributed by atoms with Gasteiger partial charge in [-0.05, 0) is 64.3 Å². The van der Waals surface area contributed by atoms with Gasteiger partial charge in [-0.15, -0.1) is 0 Å². The lowest BCUT2D eigenvalue weighted by Crippen LogP contribution is -2.20. The van der Waals surface area contributed by atoms with Gasteiger partial charge < -0.3 is 28.3 Å². The van der Waals surface area contributed by atoms with E-state index in [0.717, 1.165) is 0 Å². The van der Waals surface area contributed by atoms with Crippen LogP contribution in [0, 0.1) is 6.92 Å². The third-order valence-corrected chi connectivity index (χ3v) is 9.95. The molecule has 0 fully saturated rings. The molecule has 0 aliphatic rings. The van der Waals surface area contributed by atoms with Gasteiger partial charge in [-0.2, -0.15) is 0 Å². The lowest BCUT2D eigenvalue weighted by Gasteiger charge is -2.27. The van der Waals surface area contributed by atoms with Crippen LogP contribution in [0.5, 0.6) is 11.5 Å². The molecule has 0 saturated heterocycles. The Bertz CT molecular complexity index is 621. The van der Waals surface area contributed by atoms with Crippen molar-refractivity contribution in [3.05, 3.63) is 11.6 Å². The van der Waals surface area contributed by atoms with Gasteiger partial charge in [0.1, 0.15) is 11.5 Å². The lowest BCUT2D eigenvalue weighted by molar-refractivity contribution is 0.273. The maximum Gasteiger partial charge on any atom is 0.223 e. The number of phenols is 2. The van der Waals surface area contributed by atoms with Crippen molar-refractivity contribution in [3.8, 4) is 11.5 Å². The van der Waals surface area contributed by atoms with Crippen LogP contribution in [0.25, 0.3) is 0 Å². The van der Waals surface area contributed by atoms with Crippen LogP contribution in [0.3, 0.4) is 0 Å². The molecule has 0 heterocycles. The summed E-state index contributed by atoms with van der Waals surface area (Å²) >= 11 is 11.2. The van der Waals surface area contributed by atoms with Crippen LogP contribution in [0.1, 0.15) is 33.3 Å². The Morgan fingerprint density at radius 3 is 1.28 bits per heavy atom. The highest BCUT2D eigenvalue weighted by molar-refractivity contribution is 8.14. The normalized spacial score (nSPS) is 12.5. The maximum absolute atomic E-state index is 10.6. The van der Waals surface area contributed by atoms with E-state index in [1.165, 1.54) is 6.07 Å². The summed E-state index contributed by atoms with van der Waals surface area (Å²) in [6.07, 6.45) is 0. The molecule has 0 amide bonds. The number of phenolic OH excluding ortho intramolecular Hbond substituents is 2. The van der Waals surface area contributed by atoms with E-state index in [1.54, 1.807) is 34.6 Å². The SMILES string of the molecule is CCOP(=S)(OCC)c1cc(P(=S)(OCC)OCC)c(O)c(C)c1O. The van der Waals surface area contributed by atoms with E-state index >= 15 is 0 Å². The Balaban J connectivity index is 3.71. The molecule has 1 aromatic carbocycles. The first-order chi connectivity index (χ1) is 11.7. The zero-order valence-corrected chi connectivity index (χ0v) is 18.6. The van der Waals surface area contributed by atoms with Crippen LogP contribution in [-0.2, 0) is 41.7 Å². The number of hydrogen-bond donors (Lipinski definition) is 2. The molecule has 0 radical (unpaired) electrons. The predicted molar refractivity (Wildman–Crippen MR) is 109 cm³/mol. The molecule has 10 heteroatoms. The second-order valence-electron chi connectivity index (χ2n) is 4.90. The predicted octanol–water partition coefficient (Wildman–Crippen LogP) is 3.42. The Kier molecular flexibility index (Phi) is 8.99. The van der Waals surface area contributed by atoms with E-state index in [9.17, 15) is 10.2 Å². The molecule has 144 valence electrons. The quantitative estimate of drug-likeness (QED) is 0.549. The highest BCUT2D eigenvalue weighted by Gasteiger charge is 2.33. The van der Waals surface area contributed by atoms with E-state index in [4.69, 9.17) is 41.7 Å². The van der Waals surface area contributed by atoms with Gasteiger partial charge in [0.2, 0.25) is 13.0 Å². The molecule has 0 saturated carbocycles. The minimum absolute atomic E-state index is 0.152. The van der Waals surface area contributed by atoms with Crippen LogP contribution in [0.2, 0.25) is 0 Å². The van der Waals surface area contributed by atoms with Gasteiger partial charge in [0.25, 0.3) is 0 Å². The number of aromatic hydroxyl groups is 2. The summed E-state index contributed by atoms with van der Waals surface area (Å²) in [4.78, 5) is 0. The van der Waals surface area contributed by atoms with E-state index in [-0.39, 0.29) is 17.1 Å². The molecule has 1 rings (SSSR count). The Morgan fingerprint density at radius 1 is 0.760 bits per heavy atom. The second kappa shape index (κ2) is 9.77. The zero-order chi connectivity index (χ0) is 19.3. The van der Waals surface area contributed by atoms with Gasteiger partial charge in [0.15, 0.2) is 0 Å². The van der Waals surface area contributed by atoms with Gasteiger partial charge in [0.05, 0.1) is 37.0 Å². The van der Waals surface area contributed by atoms with E-state index in [0.29, 0.717) is 37.0 Å². The molecule has 0 aliphatic carbocycles. The standard InChI is InChI=1S/C15H26O6P2S2/c1-6-18-22(24,19-7-2)12-10-13(15(17)11(5)14(12)16)23(25,20-8-3)21-9-4/h10,16-17H,6-9H2,1-5H3. The molecule has 0 aromatic heterocycles. The van der Waals surface area contributed by atoms with Crippen LogP contribution in [0.4, 0.5) is 0 Å². The summed E-state index contributed by atoms with van der Waals surface area (Å²) in [5.74, 6) is -0.304. The third kappa shape index (κ3) is 5.02. The number of rotatable bonds is 10. The molecule has 0 spiro atoms. The summed E-state index contributed by atoms with van der Waals surface area (Å²) in [5.41, 5.74) is 0.245. The second-order valence-corrected chi connectivity index (χ2v) is 11.8. The molecular formula is C15H26O6P2S2. The van der Waals surface area contributed by atoms with Crippen molar-refractivity contribution in [2.45, 2.75) is 34.6 Å². The summed E-state index contributed by atoms with van der Waals surface area (Å²) in [6.45, 7) is 4.19. The molecule has 0 atom stereocenters. The molecule has 0 bridgehead atoms. The molecule has 0 aliphatic heterocycles. The van der Waals surface area contributed by atoms with Gasteiger partial charge in [-0.3, -0.25) is 0 Å². The molecular weight excluding hydrogens is 402 g/mol. The van der Waals surface area contributed by atoms with E-state index < -0.39 is 13.0 Å². The maximum atomic E-state index is 10.6. The highest BCUT2D eigenvalue weighted by atomic mass is 32.5. The van der Waals surface area contributed by atoms with Crippen molar-refractivity contribution >= 4 is 47.2 Å². The summed E-state index contributed by atoms with van der Waals surface area (Å²) in [5, 5.41) is 21.7. The van der Waals surface area contributed by atoms with Gasteiger partial charge in [-0.25, -0.2) is 0 Å². The molecule has 6 nitrogen and oxygen atoms in total. The van der Waals surface area contributed by atoms with Crippen LogP contribution in [-0.4, -0.2) is 36.6 Å². The van der Waals surface area contributed by atoms with E-state index in [2.05, 4.69) is 0 Å². The summed E-state index contributed by atoms with van der Waals surface area (Å²) in [7, 11) is 0. The zero-order valence-electron chi connectivity index (χ0n) is 15.1. The average Bonchev–Trinajstić information content (AvgIpc) is 2.53. The Labute approximate surface area is 159 Å². The minimum Gasteiger partial charge on any atom is -0.507 e. The smallest absolute Gasteiger partial charge is 0.223 e. The fourth-order valence-electron chi connectivity index (χ4n) is 2.21. The third-order valence-electron chi connectivity index (χ3n) is 3.26. The minimum atomic E-state index is -2.96. The van der Waals surface area contributed by atoms with Gasteiger partial charge in [-0.1, -0.05) is 0 Å². The molecule has 1 aromatic rings. The fraction of sp³-hybridized carbons (Fsp3) is 0.600. The van der Waals surface area contributed by atoms with Crippen LogP contribution >= 0.6 is 13.0 Å². The first kappa shape index (κ1) is 23.0. The largest absolute Gasteiger partial charge is 0.507 e. The molecule has 0 unspecified atom stereocenters. The topological polar surface area (TPSA) is 77.4 Å². The van der Waals surface area contributed by atoms with Crippen molar-refractivity contribution < 1.29 is 28.3 Å². The summed E-state index contributed by atoms with van der Waals surface area (Å²) in [6, 6.07) is 1.52. The first-order valence-electron chi connectivity index (χ1n) is 8.05. The Morgan fingerprint density at radius 2 is 1.04 bits per heavy atom. The van der Waals surface area contributed by atoms with Crippen LogP contribution < -0.4 is 10.6 Å². The molecule has 25 heavy (non-hydrogen) atoms. The van der Waals surface area contributed by atoms with Crippen molar-refractivity contribution in [2.24, 2.45) is 0 Å². The number of benzene rings is 1. The van der Waals surface area contributed by atoms with Crippen molar-refractivity contribution in [1.82, 2.24) is 0 Å². The number of hydrogen-bond acceptors (Lipinski definition) is 8. The lowest BCUT2D eigenvalue weighted by atomic mass is 10.2. The molecule has 2 N–H and O–H groups in total. The average molecular weight is 428 g/mol. The van der Waals surface area contributed by atoms with E-state index in [1.807, 2.05) is 0 Å². The van der Waals surface area contributed by atoms with Crippen molar-refractivity contribution in [2.75, 3.05) is 26.4 Å². The highest BCUT2D eigenvalue weighted by Crippen LogP contribution is 2.54. The Hall–Kier alpha value is -0.0400. The van der Waals surface area contributed by atoms with Gasteiger partial charge >= 0.3 is 0 Å². The first-order valence-corrected chi connectivity index (χ1v) is 13.3. The monoisotopic (exact) mass is 428 g/mol. The van der Waals surface area contributed by atoms with Crippen molar-refractivity contribution in [3.63, 3.8) is 0 Å². The fourth-order valence-corrected chi connectivity index (χ4v) is 7.91.